The minimum atomic E-state index is -0.438. The van der Waals surface area contributed by atoms with Crippen LogP contribution in [0.2, 0.25) is 0 Å². The van der Waals surface area contributed by atoms with Crippen LogP contribution in [0.15, 0.2) is 29.3 Å². The monoisotopic (exact) mass is 247 g/mol. The van der Waals surface area contributed by atoms with E-state index >= 15 is 0 Å². The summed E-state index contributed by atoms with van der Waals surface area (Å²) < 4.78 is 2.83. The van der Waals surface area contributed by atoms with Crippen molar-refractivity contribution in [1.82, 2.24) is 9.13 Å². The molecule has 0 aliphatic carbocycles. The molecule has 0 atom stereocenters. The SMILES string of the molecule is Cc1cc(C)c([N+](=O)[O-])cc1-n1ccn(C)c1=O. The van der Waals surface area contributed by atoms with Gasteiger partial charge >= 0.3 is 5.69 Å². The van der Waals surface area contributed by atoms with E-state index in [2.05, 4.69) is 0 Å². The van der Waals surface area contributed by atoms with Gasteiger partial charge in [-0.15, -0.1) is 0 Å². The van der Waals surface area contributed by atoms with E-state index in [0.717, 1.165) is 5.56 Å². The molecule has 6 heteroatoms. The molecule has 0 N–H and O–H groups in total. The van der Waals surface area contributed by atoms with Gasteiger partial charge < -0.3 is 4.57 Å². The molecule has 2 rings (SSSR count). The lowest BCUT2D eigenvalue weighted by molar-refractivity contribution is -0.385. The Labute approximate surface area is 103 Å². The standard InChI is InChI=1S/C12H13N3O3/c1-8-6-9(2)11(15(17)18)7-10(8)14-5-4-13(3)12(14)16/h4-7H,1-3H3. The number of nitrogens with zero attached hydrogens (tertiary/aromatic N) is 3. The minimum absolute atomic E-state index is 0.0198. The van der Waals surface area contributed by atoms with E-state index in [1.54, 1.807) is 32.4 Å². The molecule has 0 saturated carbocycles. The van der Waals surface area contributed by atoms with Gasteiger partial charge in [0.15, 0.2) is 0 Å². The Morgan fingerprint density at radius 3 is 2.33 bits per heavy atom. The van der Waals surface area contributed by atoms with Crippen LogP contribution in [0.3, 0.4) is 0 Å². The van der Waals surface area contributed by atoms with Crippen molar-refractivity contribution in [2.75, 3.05) is 0 Å². The molecule has 0 saturated heterocycles. The van der Waals surface area contributed by atoms with E-state index in [9.17, 15) is 14.9 Å². The number of nitro benzene ring substituents is 1. The quantitative estimate of drug-likeness (QED) is 0.599. The minimum Gasteiger partial charge on any atom is -0.302 e. The van der Waals surface area contributed by atoms with Gasteiger partial charge in [0.2, 0.25) is 0 Å². The van der Waals surface area contributed by atoms with Gasteiger partial charge in [0.1, 0.15) is 0 Å². The van der Waals surface area contributed by atoms with Gasteiger partial charge in [-0.1, -0.05) is 0 Å². The molecule has 6 nitrogen and oxygen atoms in total. The van der Waals surface area contributed by atoms with Crippen molar-refractivity contribution in [1.29, 1.82) is 0 Å². The van der Waals surface area contributed by atoms with Crippen LogP contribution in [0.5, 0.6) is 0 Å². The summed E-state index contributed by atoms with van der Waals surface area (Å²) in [7, 11) is 1.64. The molecule has 94 valence electrons. The number of aromatic nitrogens is 2. The summed E-state index contributed by atoms with van der Waals surface area (Å²) in [6.07, 6.45) is 3.22. The van der Waals surface area contributed by atoms with Gasteiger partial charge in [-0.05, 0) is 25.5 Å². The van der Waals surface area contributed by atoms with Gasteiger partial charge in [0.25, 0.3) is 5.69 Å². The normalized spacial score (nSPS) is 10.6. The van der Waals surface area contributed by atoms with Crippen LogP contribution in [0.1, 0.15) is 11.1 Å². The summed E-state index contributed by atoms with van der Waals surface area (Å²) in [4.78, 5) is 22.3. The van der Waals surface area contributed by atoms with E-state index in [1.165, 1.54) is 15.2 Å². The highest BCUT2D eigenvalue weighted by atomic mass is 16.6. The lowest BCUT2D eigenvalue weighted by atomic mass is 10.1. The molecular formula is C12H13N3O3. The molecule has 0 bridgehead atoms. The third-order valence-corrected chi connectivity index (χ3v) is 2.92. The Kier molecular flexibility index (Phi) is 2.78. The number of nitro groups is 1. The van der Waals surface area contributed by atoms with Crippen molar-refractivity contribution >= 4 is 5.69 Å². The molecular weight excluding hydrogens is 234 g/mol. The van der Waals surface area contributed by atoms with E-state index in [0.29, 0.717) is 11.3 Å². The molecule has 0 spiro atoms. The van der Waals surface area contributed by atoms with Crippen molar-refractivity contribution in [3.63, 3.8) is 0 Å². The van der Waals surface area contributed by atoms with Crippen molar-refractivity contribution in [3.05, 3.63) is 56.3 Å². The van der Waals surface area contributed by atoms with Crippen molar-refractivity contribution < 1.29 is 4.92 Å². The molecule has 0 aliphatic heterocycles. The number of aryl methyl sites for hydroxylation is 3. The summed E-state index contributed by atoms with van der Waals surface area (Å²) in [6.45, 7) is 3.51. The fourth-order valence-electron chi connectivity index (χ4n) is 1.93. The fourth-order valence-corrected chi connectivity index (χ4v) is 1.93. The maximum atomic E-state index is 11.8. The molecule has 0 unspecified atom stereocenters. The third-order valence-electron chi connectivity index (χ3n) is 2.92. The Morgan fingerprint density at radius 1 is 1.17 bits per heavy atom. The van der Waals surface area contributed by atoms with Crippen LogP contribution in [-0.2, 0) is 7.05 Å². The zero-order valence-corrected chi connectivity index (χ0v) is 10.4. The highest BCUT2D eigenvalue weighted by molar-refractivity contribution is 5.53. The van der Waals surface area contributed by atoms with Gasteiger partial charge in [-0.2, -0.15) is 0 Å². The average Bonchev–Trinajstić information content (AvgIpc) is 2.60. The van der Waals surface area contributed by atoms with Crippen LogP contribution in [0.25, 0.3) is 5.69 Å². The smallest absolute Gasteiger partial charge is 0.302 e. The average molecular weight is 247 g/mol. The molecule has 1 aromatic heterocycles. The first-order valence-electron chi connectivity index (χ1n) is 5.42. The number of imidazole rings is 1. The molecule has 18 heavy (non-hydrogen) atoms. The number of hydrogen-bond donors (Lipinski definition) is 0. The predicted molar refractivity (Wildman–Crippen MR) is 67.1 cm³/mol. The van der Waals surface area contributed by atoms with Crippen LogP contribution >= 0.6 is 0 Å². The van der Waals surface area contributed by atoms with Crippen LogP contribution in [0, 0.1) is 24.0 Å². The predicted octanol–water partition coefficient (Wildman–Crippen LogP) is 1.70. The van der Waals surface area contributed by atoms with E-state index < -0.39 is 4.92 Å². The zero-order chi connectivity index (χ0) is 13.4. The third kappa shape index (κ3) is 1.81. The first-order valence-corrected chi connectivity index (χ1v) is 5.42. The van der Waals surface area contributed by atoms with Gasteiger partial charge in [0, 0.05) is 31.1 Å². The van der Waals surface area contributed by atoms with Crippen molar-refractivity contribution in [2.45, 2.75) is 13.8 Å². The second-order valence-electron chi connectivity index (χ2n) is 4.24. The Balaban J connectivity index is 2.72. The molecule has 0 fully saturated rings. The number of rotatable bonds is 2. The first-order chi connectivity index (χ1) is 8.41. The second-order valence-corrected chi connectivity index (χ2v) is 4.24. The second kappa shape index (κ2) is 4.14. The number of hydrogen-bond acceptors (Lipinski definition) is 3. The summed E-state index contributed by atoms with van der Waals surface area (Å²) in [6, 6.07) is 3.15. The summed E-state index contributed by atoms with van der Waals surface area (Å²) in [5, 5.41) is 10.9. The Morgan fingerprint density at radius 2 is 1.83 bits per heavy atom. The summed E-state index contributed by atoms with van der Waals surface area (Å²) in [5.74, 6) is 0. The summed E-state index contributed by atoms with van der Waals surface area (Å²) >= 11 is 0. The molecule has 1 aromatic carbocycles. The first kappa shape index (κ1) is 12.1. The van der Waals surface area contributed by atoms with E-state index in [1.807, 2.05) is 6.92 Å². The molecule has 0 amide bonds. The highest BCUT2D eigenvalue weighted by Crippen LogP contribution is 2.24. The Bertz CT molecular complexity index is 682. The van der Waals surface area contributed by atoms with Crippen LogP contribution in [-0.4, -0.2) is 14.1 Å². The zero-order valence-electron chi connectivity index (χ0n) is 10.4. The molecule has 0 aliphatic rings. The van der Waals surface area contributed by atoms with Crippen molar-refractivity contribution in [3.8, 4) is 5.69 Å². The largest absolute Gasteiger partial charge is 0.332 e. The van der Waals surface area contributed by atoms with Gasteiger partial charge in [0.05, 0.1) is 10.6 Å². The summed E-state index contributed by atoms with van der Waals surface area (Å²) in [5.41, 5.74) is 1.75. The lowest BCUT2D eigenvalue weighted by Crippen LogP contribution is -2.21. The van der Waals surface area contributed by atoms with E-state index in [4.69, 9.17) is 0 Å². The van der Waals surface area contributed by atoms with Crippen molar-refractivity contribution in [2.24, 2.45) is 7.05 Å². The highest BCUT2D eigenvalue weighted by Gasteiger charge is 2.15. The maximum Gasteiger partial charge on any atom is 0.332 e. The molecule has 2 aromatic rings. The van der Waals surface area contributed by atoms with Crippen LogP contribution in [0.4, 0.5) is 5.69 Å². The van der Waals surface area contributed by atoms with Gasteiger partial charge in [-0.3, -0.25) is 14.7 Å². The Hall–Kier alpha value is -2.37. The van der Waals surface area contributed by atoms with Crippen LogP contribution < -0.4 is 5.69 Å². The van der Waals surface area contributed by atoms with E-state index in [-0.39, 0.29) is 11.4 Å². The molecule has 1 heterocycles. The number of benzene rings is 1. The molecule has 0 radical (unpaired) electrons. The topological polar surface area (TPSA) is 70.1 Å². The van der Waals surface area contributed by atoms with Gasteiger partial charge in [-0.25, -0.2) is 4.79 Å². The fraction of sp³-hybridized carbons (Fsp3) is 0.250. The lowest BCUT2D eigenvalue weighted by Gasteiger charge is -2.07. The maximum absolute atomic E-state index is 11.8.